The highest BCUT2D eigenvalue weighted by molar-refractivity contribution is 5.92. The van der Waals surface area contributed by atoms with Crippen LogP contribution in [0.2, 0.25) is 0 Å². The van der Waals surface area contributed by atoms with Crippen LogP contribution in [0.25, 0.3) is 0 Å². The number of nitrogens with zero attached hydrogens (tertiary/aromatic N) is 1. The van der Waals surface area contributed by atoms with Gasteiger partial charge in [-0.15, -0.1) is 0 Å². The van der Waals surface area contributed by atoms with Crippen LogP contribution in [0, 0.1) is 5.82 Å². The molecule has 0 radical (unpaired) electrons. The van der Waals surface area contributed by atoms with Gasteiger partial charge < -0.3 is 11.1 Å². The van der Waals surface area contributed by atoms with Crippen LogP contribution in [0.1, 0.15) is 24.3 Å². The highest BCUT2D eigenvalue weighted by Crippen LogP contribution is 2.45. The Balaban J connectivity index is 2.43. The van der Waals surface area contributed by atoms with Crippen LogP contribution in [0.4, 0.5) is 20.6 Å². The smallest absolute Gasteiger partial charge is 0.321 e. The third-order valence-electron chi connectivity index (χ3n) is 3.04. The van der Waals surface area contributed by atoms with E-state index in [1.807, 2.05) is 0 Å². The molecule has 0 heterocycles. The van der Waals surface area contributed by atoms with E-state index in [9.17, 15) is 9.18 Å². The topological polar surface area (TPSA) is 58.4 Å². The maximum Gasteiger partial charge on any atom is 0.321 e. The van der Waals surface area contributed by atoms with Crippen molar-refractivity contribution in [3.63, 3.8) is 0 Å². The Morgan fingerprint density at radius 2 is 2.18 bits per heavy atom. The Morgan fingerprint density at radius 1 is 1.53 bits per heavy atom. The summed E-state index contributed by atoms with van der Waals surface area (Å²) in [6.07, 6.45) is 2.08. The molecule has 0 saturated heterocycles. The summed E-state index contributed by atoms with van der Waals surface area (Å²) in [5, 5.41) is 2.54. The fraction of sp³-hybridized carbons (Fsp3) is 0.417. The number of nitrogens with one attached hydrogen (secondary N) is 1. The number of nitrogen functional groups attached to an aromatic ring is 1. The van der Waals surface area contributed by atoms with Crippen molar-refractivity contribution < 1.29 is 9.18 Å². The Kier molecular flexibility index (Phi) is 2.92. The molecule has 2 rings (SSSR count). The number of carbonyl (C=O) groups excluding carboxylic acids is 1. The minimum atomic E-state index is -0.416. The van der Waals surface area contributed by atoms with Gasteiger partial charge in [-0.05, 0) is 36.5 Å². The molecule has 0 unspecified atom stereocenters. The molecule has 2 amide bonds. The van der Waals surface area contributed by atoms with Gasteiger partial charge in [-0.25, -0.2) is 9.18 Å². The van der Waals surface area contributed by atoms with E-state index in [0.29, 0.717) is 11.6 Å². The lowest BCUT2D eigenvalue weighted by molar-refractivity contribution is 0.249. The number of anilines is 2. The van der Waals surface area contributed by atoms with Gasteiger partial charge in [-0.2, -0.15) is 0 Å². The monoisotopic (exact) mass is 237 g/mol. The quantitative estimate of drug-likeness (QED) is 0.773. The van der Waals surface area contributed by atoms with E-state index in [0.717, 1.165) is 18.4 Å². The van der Waals surface area contributed by atoms with Crippen LogP contribution in [0.15, 0.2) is 12.1 Å². The summed E-state index contributed by atoms with van der Waals surface area (Å²) in [7, 11) is 3.21. The predicted molar refractivity (Wildman–Crippen MR) is 65.6 cm³/mol. The van der Waals surface area contributed by atoms with E-state index in [1.165, 1.54) is 17.0 Å². The average molecular weight is 237 g/mol. The van der Waals surface area contributed by atoms with Gasteiger partial charge >= 0.3 is 6.03 Å². The molecule has 1 aromatic rings. The second kappa shape index (κ2) is 4.24. The second-order valence-electron chi connectivity index (χ2n) is 4.32. The van der Waals surface area contributed by atoms with E-state index in [4.69, 9.17) is 5.73 Å². The number of nitrogens with two attached hydrogens (primary N) is 1. The summed E-state index contributed by atoms with van der Waals surface area (Å²) >= 11 is 0. The van der Waals surface area contributed by atoms with E-state index in [1.54, 1.807) is 14.1 Å². The zero-order valence-electron chi connectivity index (χ0n) is 9.96. The zero-order chi connectivity index (χ0) is 12.6. The molecule has 0 spiro atoms. The first-order chi connectivity index (χ1) is 8.04. The third kappa shape index (κ3) is 2.18. The molecule has 17 heavy (non-hydrogen) atoms. The van der Waals surface area contributed by atoms with Gasteiger partial charge in [-0.3, -0.25) is 4.90 Å². The number of amides is 2. The number of hydrogen-bond acceptors (Lipinski definition) is 2. The maximum atomic E-state index is 13.4. The van der Waals surface area contributed by atoms with Crippen molar-refractivity contribution in [2.75, 3.05) is 24.7 Å². The number of halogens is 1. The van der Waals surface area contributed by atoms with Gasteiger partial charge in [0.15, 0.2) is 0 Å². The largest absolute Gasteiger partial charge is 0.396 e. The zero-order valence-corrected chi connectivity index (χ0v) is 9.96. The van der Waals surface area contributed by atoms with Crippen molar-refractivity contribution in [2.45, 2.75) is 18.8 Å². The molecule has 3 N–H and O–H groups in total. The number of hydrogen-bond donors (Lipinski definition) is 2. The number of rotatable bonds is 2. The van der Waals surface area contributed by atoms with Gasteiger partial charge in [0.1, 0.15) is 5.82 Å². The molecule has 1 aromatic carbocycles. The lowest BCUT2D eigenvalue weighted by Gasteiger charge is -2.21. The molecule has 1 fully saturated rings. The van der Waals surface area contributed by atoms with E-state index < -0.39 is 5.82 Å². The van der Waals surface area contributed by atoms with Crippen molar-refractivity contribution in [3.05, 3.63) is 23.5 Å². The molecule has 4 nitrogen and oxygen atoms in total. The molecular formula is C12H16FN3O. The molecule has 0 atom stereocenters. The molecule has 92 valence electrons. The van der Waals surface area contributed by atoms with Crippen molar-refractivity contribution in [1.29, 1.82) is 0 Å². The van der Waals surface area contributed by atoms with Crippen LogP contribution in [-0.2, 0) is 0 Å². The van der Waals surface area contributed by atoms with Crippen LogP contribution >= 0.6 is 0 Å². The Labute approximate surface area is 99.6 Å². The lowest BCUT2D eigenvalue weighted by atomic mass is 10.1. The molecule has 1 aliphatic carbocycles. The van der Waals surface area contributed by atoms with Crippen LogP contribution < -0.4 is 16.0 Å². The Bertz CT molecular complexity index is 457. The highest BCUT2D eigenvalue weighted by atomic mass is 19.1. The number of benzene rings is 1. The fourth-order valence-corrected chi connectivity index (χ4v) is 1.88. The van der Waals surface area contributed by atoms with Gasteiger partial charge in [0, 0.05) is 14.1 Å². The lowest BCUT2D eigenvalue weighted by Crippen LogP contribution is -2.35. The SMILES string of the molecule is CNC(=O)N(C)c1cc(N)c(F)cc1C1CC1. The molecule has 0 aromatic heterocycles. The normalized spacial score (nSPS) is 14.5. The number of carbonyl (C=O) groups is 1. The first kappa shape index (κ1) is 11.7. The second-order valence-corrected chi connectivity index (χ2v) is 4.32. The predicted octanol–water partition coefficient (Wildman–Crippen LogP) is 2.06. The summed E-state index contributed by atoms with van der Waals surface area (Å²) in [5.74, 6) is -0.0619. The van der Waals surface area contributed by atoms with Crippen LogP contribution in [-0.4, -0.2) is 20.1 Å². The standard InChI is InChI=1S/C12H16FN3O/c1-15-12(17)16(2)11-6-10(14)9(13)5-8(11)7-3-4-7/h5-7H,3-4,14H2,1-2H3,(H,15,17). The van der Waals surface area contributed by atoms with E-state index in [-0.39, 0.29) is 11.7 Å². The molecule has 0 aliphatic heterocycles. The summed E-state index contributed by atoms with van der Waals surface area (Å²) in [6.45, 7) is 0. The summed E-state index contributed by atoms with van der Waals surface area (Å²) in [4.78, 5) is 13.0. The van der Waals surface area contributed by atoms with Gasteiger partial charge in [0.2, 0.25) is 0 Å². The first-order valence-corrected chi connectivity index (χ1v) is 5.59. The summed E-state index contributed by atoms with van der Waals surface area (Å²) in [5.41, 5.74) is 7.18. The molecular weight excluding hydrogens is 221 g/mol. The minimum absolute atomic E-state index is 0.0696. The maximum absolute atomic E-state index is 13.4. The van der Waals surface area contributed by atoms with Crippen LogP contribution in [0.3, 0.4) is 0 Å². The average Bonchev–Trinajstić information content (AvgIpc) is 3.14. The van der Waals surface area contributed by atoms with Crippen molar-refractivity contribution >= 4 is 17.4 Å². The summed E-state index contributed by atoms with van der Waals surface area (Å²) < 4.78 is 13.4. The van der Waals surface area contributed by atoms with Crippen molar-refractivity contribution in [3.8, 4) is 0 Å². The van der Waals surface area contributed by atoms with E-state index in [2.05, 4.69) is 5.32 Å². The molecule has 0 bridgehead atoms. The fourth-order valence-electron chi connectivity index (χ4n) is 1.88. The summed E-state index contributed by atoms with van der Waals surface area (Å²) in [6, 6.07) is 2.73. The molecule has 1 aliphatic rings. The molecule has 1 saturated carbocycles. The van der Waals surface area contributed by atoms with E-state index >= 15 is 0 Å². The van der Waals surface area contributed by atoms with Crippen LogP contribution in [0.5, 0.6) is 0 Å². The first-order valence-electron chi connectivity index (χ1n) is 5.59. The Hall–Kier alpha value is -1.78. The highest BCUT2D eigenvalue weighted by Gasteiger charge is 2.29. The van der Waals surface area contributed by atoms with Crippen molar-refractivity contribution in [2.24, 2.45) is 0 Å². The molecule has 5 heteroatoms. The van der Waals surface area contributed by atoms with Gasteiger partial charge in [0.25, 0.3) is 0 Å². The Morgan fingerprint density at radius 3 is 2.71 bits per heavy atom. The van der Waals surface area contributed by atoms with Gasteiger partial charge in [0.05, 0.1) is 11.4 Å². The number of urea groups is 1. The van der Waals surface area contributed by atoms with Crippen molar-refractivity contribution in [1.82, 2.24) is 5.32 Å². The third-order valence-corrected chi connectivity index (χ3v) is 3.04. The minimum Gasteiger partial charge on any atom is -0.396 e. The van der Waals surface area contributed by atoms with Gasteiger partial charge in [-0.1, -0.05) is 0 Å².